The van der Waals surface area contributed by atoms with Gasteiger partial charge < -0.3 is 4.90 Å². The second-order valence-electron chi connectivity index (χ2n) is 6.49. The van der Waals surface area contributed by atoms with E-state index in [1.165, 1.54) is 32.1 Å². The molecule has 19 heavy (non-hydrogen) atoms. The molecule has 1 saturated heterocycles. The third-order valence-electron chi connectivity index (χ3n) is 4.53. The van der Waals surface area contributed by atoms with Crippen molar-refractivity contribution in [1.29, 1.82) is 0 Å². The fourth-order valence-corrected chi connectivity index (χ4v) is 4.11. The van der Waals surface area contributed by atoms with Crippen LogP contribution in [0.4, 0.5) is 5.95 Å². The summed E-state index contributed by atoms with van der Waals surface area (Å²) in [6.45, 7) is 6.89. The van der Waals surface area contributed by atoms with Crippen LogP contribution in [0.2, 0.25) is 0 Å². The van der Waals surface area contributed by atoms with Gasteiger partial charge in [-0.2, -0.15) is 0 Å². The third kappa shape index (κ3) is 2.57. The number of nitrogens with zero attached hydrogens (tertiary/aromatic N) is 3. The lowest BCUT2D eigenvalue weighted by Gasteiger charge is -2.36. The first-order valence-electron chi connectivity index (χ1n) is 7.57. The zero-order valence-electron chi connectivity index (χ0n) is 11.9. The van der Waals surface area contributed by atoms with Gasteiger partial charge in [-0.05, 0) is 43.3 Å². The molecule has 106 valence electrons. The van der Waals surface area contributed by atoms with Gasteiger partial charge in [0, 0.05) is 19.1 Å². The molecule has 1 N–H and O–H groups in total. The molecule has 3 rings (SSSR count). The number of anilines is 1. The molecule has 0 radical (unpaired) electrons. The predicted molar refractivity (Wildman–Crippen MR) is 80.1 cm³/mol. The second-order valence-corrected chi connectivity index (χ2v) is 6.87. The average molecular weight is 280 g/mol. The molecule has 1 aromatic heterocycles. The summed E-state index contributed by atoms with van der Waals surface area (Å²) >= 11 is 5.46. The molecule has 0 amide bonds. The number of aromatic amines is 1. The van der Waals surface area contributed by atoms with Crippen molar-refractivity contribution in [2.24, 2.45) is 11.8 Å². The van der Waals surface area contributed by atoms with Gasteiger partial charge in [-0.1, -0.05) is 26.7 Å². The fourth-order valence-electron chi connectivity index (χ4n) is 3.84. The van der Waals surface area contributed by atoms with E-state index in [2.05, 4.69) is 33.5 Å². The summed E-state index contributed by atoms with van der Waals surface area (Å²) in [5.74, 6) is 2.56. The smallest absolute Gasteiger partial charge is 0.225 e. The lowest BCUT2D eigenvalue weighted by molar-refractivity contribution is 0.348. The molecule has 2 fully saturated rings. The van der Waals surface area contributed by atoms with Gasteiger partial charge in [-0.3, -0.25) is 4.57 Å². The van der Waals surface area contributed by atoms with Crippen molar-refractivity contribution in [3.05, 3.63) is 4.77 Å². The number of nitrogens with one attached hydrogen (secondary N) is 1. The zero-order chi connectivity index (χ0) is 13.4. The molecule has 0 aromatic carbocycles. The zero-order valence-corrected chi connectivity index (χ0v) is 12.7. The minimum absolute atomic E-state index is 0.564. The van der Waals surface area contributed by atoms with E-state index in [-0.39, 0.29) is 0 Å². The molecule has 1 saturated carbocycles. The van der Waals surface area contributed by atoms with Gasteiger partial charge in [0.15, 0.2) is 4.77 Å². The van der Waals surface area contributed by atoms with E-state index in [0.717, 1.165) is 35.6 Å². The van der Waals surface area contributed by atoms with Crippen LogP contribution in [0.5, 0.6) is 0 Å². The van der Waals surface area contributed by atoms with E-state index in [4.69, 9.17) is 12.2 Å². The van der Waals surface area contributed by atoms with E-state index >= 15 is 0 Å². The topological polar surface area (TPSA) is 36.9 Å². The van der Waals surface area contributed by atoms with E-state index in [9.17, 15) is 0 Å². The normalized spacial score (nSPS) is 29.1. The van der Waals surface area contributed by atoms with Gasteiger partial charge in [0.1, 0.15) is 0 Å². The maximum absolute atomic E-state index is 5.46. The summed E-state index contributed by atoms with van der Waals surface area (Å²) in [7, 11) is 0. The molecule has 2 atom stereocenters. The van der Waals surface area contributed by atoms with Crippen LogP contribution in [0.3, 0.4) is 0 Å². The molecule has 1 aliphatic heterocycles. The van der Waals surface area contributed by atoms with E-state index in [1.54, 1.807) is 0 Å². The van der Waals surface area contributed by atoms with Gasteiger partial charge in [0.2, 0.25) is 5.95 Å². The summed E-state index contributed by atoms with van der Waals surface area (Å²) < 4.78 is 3.08. The minimum atomic E-state index is 0.564. The molecule has 4 nitrogen and oxygen atoms in total. The number of rotatable bonds is 2. The highest BCUT2D eigenvalue weighted by Gasteiger charge is 2.28. The standard InChI is InChI=1S/C14H24N4S/c1-10-7-11(2)9-17(8-10)13-15-16-14(19)18(13)12-5-3-4-6-12/h10-12H,3-9H2,1-2H3,(H,16,19). The number of hydrogen-bond acceptors (Lipinski definition) is 3. The molecule has 2 unspecified atom stereocenters. The molecule has 2 aliphatic rings. The van der Waals surface area contributed by atoms with E-state index in [0.29, 0.717) is 6.04 Å². The highest BCUT2D eigenvalue weighted by Crippen LogP contribution is 2.34. The summed E-state index contributed by atoms with van der Waals surface area (Å²) in [6, 6.07) is 0.564. The number of H-pyrrole nitrogens is 1. The average Bonchev–Trinajstić information content (AvgIpc) is 2.96. The minimum Gasteiger partial charge on any atom is -0.340 e. The Morgan fingerprint density at radius 1 is 1.16 bits per heavy atom. The highest BCUT2D eigenvalue weighted by molar-refractivity contribution is 7.71. The van der Waals surface area contributed by atoms with Crippen molar-refractivity contribution in [1.82, 2.24) is 14.8 Å². The quantitative estimate of drug-likeness (QED) is 0.842. The van der Waals surface area contributed by atoms with Crippen molar-refractivity contribution in [3.8, 4) is 0 Å². The van der Waals surface area contributed by atoms with Crippen LogP contribution in [-0.2, 0) is 0 Å². The van der Waals surface area contributed by atoms with Crippen molar-refractivity contribution in [3.63, 3.8) is 0 Å². The molecule has 1 aliphatic carbocycles. The van der Waals surface area contributed by atoms with E-state index < -0.39 is 0 Å². The molecular formula is C14H24N4S. The SMILES string of the molecule is CC1CC(C)CN(c2n[nH]c(=S)n2C2CCCC2)C1. The summed E-state index contributed by atoms with van der Waals surface area (Å²) in [4.78, 5) is 2.43. The van der Waals surface area contributed by atoms with Crippen LogP contribution in [-0.4, -0.2) is 27.9 Å². The Morgan fingerprint density at radius 2 is 1.79 bits per heavy atom. The first kappa shape index (κ1) is 13.2. The summed E-state index contributed by atoms with van der Waals surface area (Å²) in [5, 5.41) is 7.54. The van der Waals surface area contributed by atoms with Gasteiger partial charge in [0.05, 0.1) is 0 Å². The fraction of sp³-hybridized carbons (Fsp3) is 0.857. The van der Waals surface area contributed by atoms with Crippen molar-refractivity contribution in [2.45, 2.75) is 52.0 Å². The van der Waals surface area contributed by atoms with Gasteiger partial charge >= 0.3 is 0 Å². The molecule has 1 aromatic rings. The molecule has 0 spiro atoms. The highest BCUT2D eigenvalue weighted by atomic mass is 32.1. The Balaban J connectivity index is 1.90. The predicted octanol–water partition coefficient (Wildman–Crippen LogP) is 3.54. The van der Waals surface area contributed by atoms with Gasteiger partial charge in [-0.15, -0.1) is 5.10 Å². The molecular weight excluding hydrogens is 256 g/mol. The number of hydrogen-bond donors (Lipinski definition) is 1. The Hall–Kier alpha value is -0.840. The lowest BCUT2D eigenvalue weighted by atomic mass is 9.92. The van der Waals surface area contributed by atoms with E-state index in [1.807, 2.05) is 0 Å². The maximum Gasteiger partial charge on any atom is 0.225 e. The number of aromatic nitrogens is 3. The Kier molecular flexibility index (Phi) is 3.65. The Bertz CT molecular complexity index is 476. The van der Waals surface area contributed by atoms with Gasteiger partial charge in [-0.25, -0.2) is 5.10 Å². The van der Waals surface area contributed by atoms with Crippen LogP contribution in [0, 0.1) is 16.6 Å². The molecule has 0 bridgehead atoms. The third-order valence-corrected chi connectivity index (χ3v) is 4.82. The second kappa shape index (κ2) is 5.27. The maximum atomic E-state index is 5.46. The van der Waals surface area contributed by atoms with Crippen molar-refractivity contribution >= 4 is 18.2 Å². The summed E-state index contributed by atoms with van der Waals surface area (Å²) in [5.41, 5.74) is 0. The molecule has 2 heterocycles. The van der Waals surface area contributed by atoms with Crippen molar-refractivity contribution in [2.75, 3.05) is 18.0 Å². The monoisotopic (exact) mass is 280 g/mol. The first-order chi connectivity index (χ1) is 9.15. The summed E-state index contributed by atoms with van der Waals surface area (Å²) in [6.07, 6.45) is 6.47. The van der Waals surface area contributed by atoms with Crippen LogP contribution < -0.4 is 4.90 Å². The van der Waals surface area contributed by atoms with Gasteiger partial charge in [0.25, 0.3) is 0 Å². The Labute approximate surface area is 120 Å². The van der Waals surface area contributed by atoms with Crippen LogP contribution in [0.15, 0.2) is 0 Å². The number of piperidine rings is 1. The Morgan fingerprint density at radius 3 is 2.42 bits per heavy atom. The van der Waals surface area contributed by atoms with Crippen molar-refractivity contribution < 1.29 is 0 Å². The first-order valence-corrected chi connectivity index (χ1v) is 7.98. The largest absolute Gasteiger partial charge is 0.340 e. The molecule has 5 heteroatoms. The van der Waals surface area contributed by atoms with Crippen LogP contribution >= 0.6 is 12.2 Å². The van der Waals surface area contributed by atoms with Crippen LogP contribution in [0.1, 0.15) is 52.0 Å². The van der Waals surface area contributed by atoms with Crippen LogP contribution in [0.25, 0.3) is 0 Å². The lowest BCUT2D eigenvalue weighted by Crippen LogP contribution is -2.40.